The van der Waals surface area contributed by atoms with Crippen LogP contribution in [0.2, 0.25) is 0 Å². The molecule has 2 rings (SSSR count). The van der Waals surface area contributed by atoms with Crippen molar-refractivity contribution >= 4 is 17.3 Å². The monoisotopic (exact) mass is 303 g/mol. The van der Waals surface area contributed by atoms with Crippen molar-refractivity contribution in [2.75, 3.05) is 18.5 Å². The second kappa shape index (κ2) is 7.51. The van der Waals surface area contributed by atoms with Crippen molar-refractivity contribution in [3.63, 3.8) is 0 Å². The number of aromatic nitrogens is 1. The Morgan fingerprint density at radius 2 is 2.14 bits per heavy atom. The van der Waals surface area contributed by atoms with E-state index >= 15 is 0 Å². The van der Waals surface area contributed by atoms with Crippen molar-refractivity contribution in [2.45, 2.75) is 13.3 Å². The molecular formula is C16H18FN3O2. The molecule has 0 bridgehead atoms. The summed E-state index contributed by atoms with van der Waals surface area (Å²) >= 11 is 0. The Labute approximate surface area is 128 Å². The van der Waals surface area contributed by atoms with Crippen molar-refractivity contribution in [2.24, 2.45) is 0 Å². The molecule has 2 aromatic rings. The third kappa shape index (κ3) is 4.02. The molecule has 1 aromatic heterocycles. The molecule has 0 radical (unpaired) electrons. The third-order valence-electron chi connectivity index (χ3n) is 3.08. The zero-order valence-electron chi connectivity index (χ0n) is 12.3. The molecule has 3 N–H and O–H groups in total. The van der Waals surface area contributed by atoms with Gasteiger partial charge in [-0.05, 0) is 37.1 Å². The highest BCUT2D eigenvalue weighted by molar-refractivity contribution is 6.00. The Balaban J connectivity index is 2.19. The number of anilines is 2. The fourth-order valence-electron chi connectivity index (χ4n) is 1.93. The van der Waals surface area contributed by atoms with Gasteiger partial charge in [-0.2, -0.15) is 0 Å². The Bertz CT molecular complexity index is 662. The Kier molecular flexibility index (Phi) is 5.43. The van der Waals surface area contributed by atoms with Gasteiger partial charge in [0.1, 0.15) is 5.82 Å². The maximum absolute atomic E-state index is 13.9. The number of carbonyl (C=O) groups excluding carboxylic acids is 1. The Hall–Kier alpha value is -2.47. The summed E-state index contributed by atoms with van der Waals surface area (Å²) in [7, 11) is 0. The molecule has 0 saturated heterocycles. The first-order valence-corrected chi connectivity index (χ1v) is 6.98. The lowest BCUT2D eigenvalue weighted by Gasteiger charge is -2.12. The van der Waals surface area contributed by atoms with Gasteiger partial charge in [-0.3, -0.25) is 9.78 Å². The molecule has 116 valence electrons. The highest BCUT2D eigenvalue weighted by Gasteiger charge is 2.12. The number of nitrogens with one attached hydrogen (secondary N) is 2. The Morgan fingerprint density at radius 1 is 1.32 bits per heavy atom. The van der Waals surface area contributed by atoms with Crippen LogP contribution in [0.1, 0.15) is 22.3 Å². The summed E-state index contributed by atoms with van der Waals surface area (Å²) in [5.74, 6) is -0.693. The summed E-state index contributed by atoms with van der Waals surface area (Å²) < 4.78 is 13.9. The van der Waals surface area contributed by atoms with E-state index < -0.39 is 5.82 Å². The van der Waals surface area contributed by atoms with Crippen LogP contribution in [0.4, 0.5) is 15.8 Å². The van der Waals surface area contributed by atoms with Gasteiger partial charge in [-0.1, -0.05) is 6.07 Å². The smallest absolute Gasteiger partial charge is 0.253 e. The molecule has 0 fully saturated rings. The summed E-state index contributed by atoms with van der Waals surface area (Å²) in [6.45, 7) is 2.18. The predicted molar refractivity (Wildman–Crippen MR) is 82.7 cm³/mol. The van der Waals surface area contributed by atoms with Gasteiger partial charge in [-0.15, -0.1) is 0 Å². The third-order valence-corrected chi connectivity index (χ3v) is 3.08. The van der Waals surface area contributed by atoms with E-state index in [0.29, 0.717) is 24.2 Å². The number of aliphatic hydroxyl groups excluding tert-OH is 1. The summed E-state index contributed by atoms with van der Waals surface area (Å²) in [6.07, 6.45) is 3.45. The van der Waals surface area contributed by atoms with E-state index in [1.54, 1.807) is 25.1 Å². The maximum atomic E-state index is 13.9. The molecule has 1 aromatic carbocycles. The first-order valence-electron chi connectivity index (χ1n) is 6.98. The number of amides is 1. The molecule has 0 spiro atoms. The molecule has 0 aliphatic carbocycles. The van der Waals surface area contributed by atoms with Crippen LogP contribution >= 0.6 is 0 Å². The van der Waals surface area contributed by atoms with Gasteiger partial charge in [0.15, 0.2) is 0 Å². The summed E-state index contributed by atoms with van der Waals surface area (Å²) in [5.41, 5.74) is 1.89. The van der Waals surface area contributed by atoms with Crippen LogP contribution < -0.4 is 10.6 Å². The molecule has 1 amide bonds. The first kappa shape index (κ1) is 15.9. The number of pyridine rings is 1. The highest BCUT2D eigenvalue weighted by Crippen LogP contribution is 2.23. The normalized spacial score (nSPS) is 10.3. The van der Waals surface area contributed by atoms with Crippen molar-refractivity contribution in [1.29, 1.82) is 0 Å². The van der Waals surface area contributed by atoms with Crippen LogP contribution in [-0.2, 0) is 0 Å². The fourth-order valence-corrected chi connectivity index (χ4v) is 1.93. The van der Waals surface area contributed by atoms with Crippen molar-refractivity contribution in [1.82, 2.24) is 10.3 Å². The van der Waals surface area contributed by atoms with Crippen molar-refractivity contribution in [3.8, 4) is 0 Å². The minimum absolute atomic E-state index is 0.0102. The van der Waals surface area contributed by atoms with Gasteiger partial charge in [0, 0.05) is 19.3 Å². The molecule has 1 heterocycles. The summed E-state index contributed by atoms with van der Waals surface area (Å²) in [4.78, 5) is 16.1. The number of rotatable bonds is 6. The maximum Gasteiger partial charge on any atom is 0.253 e. The van der Waals surface area contributed by atoms with Gasteiger partial charge in [-0.25, -0.2) is 4.39 Å². The second-order valence-corrected chi connectivity index (χ2v) is 4.86. The average molecular weight is 303 g/mol. The van der Waals surface area contributed by atoms with Crippen molar-refractivity contribution < 1.29 is 14.3 Å². The predicted octanol–water partition coefficient (Wildman–Crippen LogP) is 2.38. The van der Waals surface area contributed by atoms with Gasteiger partial charge in [0.25, 0.3) is 5.91 Å². The van der Waals surface area contributed by atoms with E-state index in [2.05, 4.69) is 15.6 Å². The van der Waals surface area contributed by atoms with Crippen LogP contribution in [-0.4, -0.2) is 29.1 Å². The van der Waals surface area contributed by atoms with Crippen LogP contribution in [0.3, 0.4) is 0 Å². The molecule has 0 saturated carbocycles. The lowest BCUT2D eigenvalue weighted by Crippen LogP contribution is -2.25. The molecule has 6 heteroatoms. The number of aliphatic hydroxyl groups is 1. The zero-order chi connectivity index (χ0) is 15.9. The van der Waals surface area contributed by atoms with E-state index in [4.69, 9.17) is 5.11 Å². The SMILES string of the molecule is Cc1ccc(Nc2cnccc2C(=O)NCCCO)c(F)c1. The zero-order valence-corrected chi connectivity index (χ0v) is 12.3. The van der Waals surface area contributed by atoms with Gasteiger partial charge >= 0.3 is 0 Å². The van der Waals surface area contributed by atoms with E-state index in [0.717, 1.165) is 5.56 Å². The Morgan fingerprint density at radius 3 is 2.86 bits per heavy atom. The molecule has 0 atom stereocenters. The number of hydrogen-bond donors (Lipinski definition) is 3. The molecule has 22 heavy (non-hydrogen) atoms. The minimum atomic E-state index is -0.393. The summed E-state index contributed by atoms with van der Waals surface area (Å²) in [5, 5.41) is 14.3. The molecule has 0 aliphatic heterocycles. The van der Waals surface area contributed by atoms with E-state index in [1.807, 2.05) is 0 Å². The number of aryl methyl sites for hydroxylation is 1. The molecule has 0 unspecified atom stereocenters. The quantitative estimate of drug-likeness (QED) is 0.716. The number of halogens is 1. The summed E-state index contributed by atoms with van der Waals surface area (Å²) in [6, 6.07) is 6.37. The first-order chi connectivity index (χ1) is 10.6. The van der Waals surface area contributed by atoms with Crippen LogP contribution in [0, 0.1) is 12.7 Å². The lowest BCUT2D eigenvalue weighted by atomic mass is 10.1. The average Bonchev–Trinajstić information content (AvgIpc) is 2.51. The van der Waals surface area contributed by atoms with Gasteiger partial charge in [0.05, 0.1) is 23.1 Å². The number of carbonyl (C=O) groups is 1. The van der Waals surface area contributed by atoms with E-state index in [9.17, 15) is 9.18 Å². The topological polar surface area (TPSA) is 74.2 Å². The van der Waals surface area contributed by atoms with Crippen molar-refractivity contribution in [3.05, 3.63) is 53.6 Å². The number of benzene rings is 1. The molecule has 5 nitrogen and oxygen atoms in total. The molecular weight excluding hydrogens is 285 g/mol. The van der Waals surface area contributed by atoms with Crippen LogP contribution in [0.25, 0.3) is 0 Å². The van der Waals surface area contributed by atoms with Crippen LogP contribution in [0.15, 0.2) is 36.7 Å². The highest BCUT2D eigenvalue weighted by atomic mass is 19.1. The van der Waals surface area contributed by atoms with E-state index in [1.165, 1.54) is 18.5 Å². The van der Waals surface area contributed by atoms with Gasteiger partial charge in [0.2, 0.25) is 0 Å². The standard InChI is InChI=1S/C16H18FN3O2/c1-11-3-4-14(13(17)9-11)20-15-10-18-7-5-12(15)16(22)19-6-2-8-21/h3-5,7,9-10,20-21H,2,6,8H2,1H3,(H,19,22). The largest absolute Gasteiger partial charge is 0.396 e. The second-order valence-electron chi connectivity index (χ2n) is 4.86. The fraction of sp³-hybridized carbons (Fsp3) is 0.250. The number of hydrogen-bond acceptors (Lipinski definition) is 4. The van der Waals surface area contributed by atoms with Gasteiger partial charge < -0.3 is 15.7 Å². The van der Waals surface area contributed by atoms with E-state index in [-0.39, 0.29) is 18.2 Å². The van der Waals surface area contributed by atoms with Crippen LogP contribution in [0.5, 0.6) is 0 Å². The number of nitrogens with zero attached hydrogens (tertiary/aromatic N) is 1. The lowest BCUT2D eigenvalue weighted by molar-refractivity contribution is 0.0952. The minimum Gasteiger partial charge on any atom is -0.396 e. The molecule has 0 aliphatic rings.